The van der Waals surface area contributed by atoms with E-state index in [2.05, 4.69) is 9.71 Å². The van der Waals surface area contributed by atoms with Crippen molar-refractivity contribution < 1.29 is 18.1 Å². The average molecular weight is 269 g/mol. The smallest absolute Gasteiger partial charge is 0.426 e. The number of rotatable bonds is 6. The maximum atomic E-state index is 11.7. The van der Waals surface area contributed by atoms with Gasteiger partial charge in [0.15, 0.2) is 0 Å². The molecule has 1 rings (SSSR count). The second-order valence-electron chi connectivity index (χ2n) is 3.25. The van der Waals surface area contributed by atoms with Gasteiger partial charge in [0.2, 0.25) is 10.0 Å². The molecule has 0 spiro atoms. The Bertz CT molecular complexity index is 526. The van der Waals surface area contributed by atoms with Crippen LogP contribution in [-0.4, -0.2) is 38.6 Å². The van der Waals surface area contributed by atoms with E-state index >= 15 is 0 Å². The Balaban J connectivity index is 2.71. The average Bonchev–Trinajstić information content (AvgIpc) is 2.37. The zero-order valence-corrected chi connectivity index (χ0v) is 10.5. The molecule has 0 atom stereocenters. The third kappa shape index (κ3) is 4.08. The molecule has 1 heterocycles. The van der Waals surface area contributed by atoms with Gasteiger partial charge in [-0.3, -0.25) is 0 Å². The molecule has 0 saturated heterocycles. The first-order valence-electron chi connectivity index (χ1n) is 5.15. The number of hydrogen-bond acceptors (Lipinski definition) is 6. The summed E-state index contributed by atoms with van der Waals surface area (Å²) in [6.07, 6.45) is 0.824. The number of aromatic nitrogens is 1. The van der Waals surface area contributed by atoms with Gasteiger partial charge in [-0.05, 0) is 19.1 Å². The predicted molar refractivity (Wildman–Crippen MR) is 63.7 cm³/mol. The van der Waals surface area contributed by atoms with Gasteiger partial charge in [0, 0.05) is 19.2 Å². The molecule has 96 valence electrons. The molecule has 0 aromatic carbocycles. The Hall–Kier alpha value is -1.47. The van der Waals surface area contributed by atoms with Gasteiger partial charge in [0.25, 0.3) is 0 Å². The summed E-state index contributed by atoms with van der Waals surface area (Å²) >= 11 is 0. The molecule has 0 unspecified atom stereocenters. The number of sulfonamides is 1. The van der Waals surface area contributed by atoms with Gasteiger partial charge >= 0.3 is 7.12 Å². The summed E-state index contributed by atoms with van der Waals surface area (Å²) in [7, 11) is -4.96. The lowest BCUT2D eigenvalue weighted by atomic mass is 9.92. The first-order valence-corrected chi connectivity index (χ1v) is 6.63. The van der Waals surface area contributed by atoms with Crippen molar-refractivity contribution in [3.8, 4) is 6.07 Å². The monoisotopic (exact) mass is 269 g/mol. The standard InChI is InChI=1S/C9H12BN3O4S/c1-2-17-10(14)7-13-18(15,16)9-4-3-8(5-11)12-6-9/h3-4,6,13-14H,2,7H2,1H3. The zero-order chi connectivity index (χ0) is 13.6. The highest BCUT2D eigenvalue weighted by molar-refractivity contribution is 7.89. The van der Waals surface area contributed by atoms with Crippen LogP contribution in [0, 0.1) is 11.3 Å². The molecule has 0 fully saturated rings. The molecule has 2 N–H and O–H groups in total. The number of nitriles is 1. The van der Waals surface area contributed by atoms with E-state index in [9.17, 15) is 13.4 Å². The fraction of sp³-hybridized carbons (Fsp3) is 0.333. The second kappa shape index (κ2) is 6.46. The number of nitrogens with one attached hydrogen (secondary N) is 1. The van der Waals surface area contributed by atoms with E-state index in [-0.39, 0.29) is 23.6 Å². The van der Waals surface area contributed by atoms with Crippen molar-refractivity contribution in [2.45, 2.75) is 11.8 Å². The largest absolute Gasteiger partial charge is 0.470 e. The van der Waals surface area contributed by atoms with Crippen molar-refractivity contribution in [1.29, 1.82) is 5.26 Å². The van der Waals surface area contributed by atoms with Crippen LogP contribution < -0.4 is 4.72 Å². The molecule has 0 aliphatic heterocycles. The topological polar surface area (TPSA) is 112 Å². The molecule has 0 bridgehead atoms. The third-order valence-corrected chi connectivity index (χ3v) is 3.38. The van der Waals surface area contributed by atoms with Crippen LogP contribution in [0.2, 0.25) is 0 Å². The fourth-order valence-electron chi connectivity index (χ4n) is 1.12. The van der Waals surface area contributed by atoms with Gasteiger partial charge in [0.1, 0.15) is 16.7 Å². The summed E-state index contributed by atoms with van der Waals surface area (Å²) in [5.41, 5.74) is 0.128. The van der Waals surface area contributed by atoms with Crippen LogP contribution in [0.15, 0.2) is 23.2 Å². The highest BCUT2D eigenvalue weighted by atomic mass is 32.2. The van der Waals surface area contributed by atoms with Gasteiger partial charge in [-0.25, -0.2) is 18.1 Å². The summed E-state index contributed by atoms with van der Waals surface area (Å²) in [4.78, 5) is 3.57. The van der Waals surface area contributed by atoms with Crippen LogP contribution in [-0.2, 0) is 14.7 Å². The zero-order valence-electron chi connectivity index (χ0n) is 9.70. The van der Waals surface area contributed by atoms with Crippen molar-refractivity contribution in [3.63, 3.8) is 0 Å². The molecule has 0 aliphatic rings. The molecule has 0 radical (unpaired) electrons. The minimum atomic E-state index is -3.76. The van der Waals surface area contributed by atoms with Crippen LogP contribution in [0.3, 0.4) is 0 Å². The summed E-state index contributed by atoms with van der Waals surface area (Å²) in [5, 5.41) is 17.8. The number of pyridine rings is 1. The summed E-state index contributed by atoms with van der Waals surface area (Å²) in [6, 6.07) is 4.35. The van der Waals surface area contributed by atoms with E-state index < -0.39 is 17.1 Å². The normalized spacial score (nSPS) is 10.9. The number of hydrogen-bond donors (Lipinski definition) is 2. The van der Waals surface area contributed by atoms with Crippen LogP contribution >= 0.6 is 0 Å². The lowest BCUT2D eigenvalue weighted by Gasteiger charge is -2.08. The second-order valence-corrected chi connectivity index (χ2v) is 5.02. The Labute approximate surface area is 106 Å². The Morgan fingerprint density at radius 2 is 2.33 bits per heavy atom. The highest BCUT2D eigenvalue weighted by Crippen LogP contribution is 2.07. The molecule has 1 aromatic heterocycles. The minimum absolute atomic E-state index is 0.0785. The van der Waals surface area contributed by atoms with Crippen LogP contribution in [0.25, 0.3) is 0 Å². The van der Waals surface area contributed by atoms with Crippen LogP contribution in [0.4, 0.5) is 0 Å². The Kier molecular flexibility index (Phi) is 5.24. The van der Waals surface area contributed by atoms with Gasteiger partial charge in [-0.2, -0.15) is 5.26 Å². The Morgan fingerprint density at radius 1 is 1.61 bits per heavy atom. The molecule has 18 heavy (non-hydrogen) atoms. The molecule has 1 aromatic rings. The van der Waals surface area contributed by atoms with Gasteiger partial charge < -0.3 is 9.68 Å². The quantitative estimate of drug-likeness (QED) is 0.659. The van der Waals surface area contributed by atoms with E-state index in [1.165, 1.54) is 12.1 Å². The van der Waals surface area contributed by atoms with E-state index in [0.29, 0.717) is 0 Å². The molecule has 0 aliphatic carbocycles. The molecule has 0 saturated carbocycles. The van der Waals surface area contributed by atoms with E-state index in [4.69, 9.17) is 9.92 Å². The summed E-state index contributed by atoms with van der Waals surface area (Å²) in [5.74, 6) is 0. The SMILES string of the molecule is CCOB(O)CNS(=O)(=O)c1ccc(C#N)nc1. The van der Waals surface area contributed by atoms with E-state index in [1.807, 2.05) is 0 Å². The minimum Gasteiger partial charge on any atom is -0.426 e. The maximum Gasteiger partial charge on any atom is 0.470 e. The van der Waals surface area contributed by atoms with Crippen LogP contribution in [0.1, 0.15) is 12.6 Å². The van der Waals surface area contributed by atoms with E-state index in [1.54, 1.807) is 13.0 Å². The predicted octanol–water partition coefficient (Wildman–Crippen LogP) is -0.712. The van der Waals surface area contributed by atoms with Crippen molar-refractivity contribution in [3.05, 3.63) is 24.0 Å². The first kappa shape index (κ1) is 14.6. The molecule has 7 nitrogen and oxygen atoms in total. The fourth-order valence-corrected chi connectivity index (χ4v) is 2.09. The summed E-state index contributed by atoms with van der Waals surface area (Å²) in [6.45, 7) is 1.96. The first-order chi connectivity index (χ1) is 8.49. The van der Waals surface area contributed by atoms with Crippen molar-refractivity contribution in [1.82, 2.24) is 9.71 Å². The Morgan fingerprint density at radius 3 is 2.83 bits per heavy atom. The highest BCUT2D eigenvalue weighted by Gasteiger charge is 2.19. The van der Waals surface area contributed by atoms with Crippen molar-refractivity contribution >= 4 is 17.1 Å². The molecular weight excluding hydrogens is 257 g/mol. The molecule has 9 heteroatoms. The van der Waals surface area contributed by atoms with Crippen molar-refractivity contribution in [2.24, 2.45) is 0 Å². The van der Waals surface area contributed by atoms with Gasteiger partial charge in [-0.1, -0.05) is 0 Å². The lowest BCUT2D eigenvalue weighted by molar-refractivity contribution is 0.274. The number of nitrogens with zero attached hydrogens (tertiary/aromatic N) is 2. The van der Waals surface area contributed by atoms with Crippen LogP contribution in [0.5, 0.6) is 0 Å². The van der Waals surface area contributed by atoms with Crippen molar-refractivity contribution in [2.75, 3.05) is 13.1 Å². The van der Waals surface area contributed by atoms with Gasteiger partial charge in [0.05, 0.1) is 0 Å². The van der Waals surface area contributed by atoms with Gasteiger partial charge in [-0.15, -0.1) is 0 Å². The maximum absolute atomic E-state index is 11.7. The van der Waals surface area contributed by atoms with E-state index in [0.717, 1.165) is 6.20 Å². The third-order valence-electron chi connectivity index (χ3n) is 1.97. The molecular formula is C9H12BN3O4S. The molecule has 0 amide bonds. The lowest BCUT2D eigenvalue weighted by Crippen LogP contribution is -2.37. The summed E-state index contributed by atoms with van der Waals surface area (Å²) < 4.78 is 30.4.